The summed E-state index contributed by atoms with van der Waals surface area (Å²) in [4.78, 5) is 11.2. The number of hydrogen-bond acceptors (Lipinski definition) is 5. The number of nitrogens with two attached hydrogens (primary N) is 1. The monoisotopic (exact) mass is 340 g/mol. The molecule has 22 heavy (non-hydrogen) atoms. The van der Waals surface area contributed by atoms with Crippen molar-refractivity contribution in [3.63, 3.8) is 0 Å². The van der Waals surface area contributed by atoms with Crippen molar-refractivity contribution >= 4 is 39.4 Å². The van der Waals surface area contributed by atoms with Gasteiger partial charge >= 0.3 is 0 Å². The number of nitrogen functional groups attached to an aromatic ring is 1. The molecule has 0 saturated heterocycles. The van der Waals surface area contributed by atoms with Crippen LogP contribution < -0.4 is 14.8 Å². The highest BCUT2D eigenvalue weighted by atomic mass is 35.5. The van der Waals surface area contributed by atoms with Gasteiger partial charge in [0.2, 0.25) is 6.41 Å². The Morgan fingerprint density at radius 2 is 1.82 bits per heavy atom. The first-order valence-corrected chi connectivity index (χ1v) is 7.90. The van der Waals surface area contributed by atoms with Crippen molar-refractivity contribution in [2.45, 2.75) is 4.90 Å². The van der Waals surface area contributed by atoms with Gasteiger partial charge in [-0.05, 0) is 42.5 Å². The maximum atomic E-state index is 12.5. The van der Waals surface area contributed by atoms with Gasteiger partial charge in [-0.2, -0.15) is 0 Å². The minimum Gasteiger partial charge on any atom is -0.497 e. The highest BCUT2D eigenvalue weighted by Gasteiger charge is 2.25. The summed E-state index contributed by atoms with van der Waals surface area (Å²) < 4.78 is 30.7. The van der Waals surface area contributed by atoms with Crippen molar-refractivity contribution in [3.8, 4) is 5.75 Å². The third-order valence-electron chi connectivity index (χ3n) is 2.95. The standard InChI is InChI=1S/C14H13ClN2O4S/c1-21-11-4-2-10(3-5-11)17(9-18)22(19,20)12-6-7-14(16)13(15)8-12/h2-9H,16H2,1H3. The van der Waals surface area contributed by atoms with E-state index in [-0.39, 0.29) is 27.7 Å². The van der Waals surface area contributed by atoms with E-state index in [2.05, 4.69) is 0 Å². The Labute approximate surface area is 133 Å². The molecule has 2 aromatic rings. The Morgan fingerprint density at radius 1 is 1.18 bits per heavy atom. The number of sulfonamides is 1. The summed E-state index contributed by atoms with van der Waals surface area (Å²) in [7, 11) is -2.59. The molecule has 0 aliphatic heterocycles. The first-order chi connectivity index (χ1) is 10.4. The quantitative estimate of drug-likeness (QED) is 0.666. The predicted molar refractivity (Wildman–Crippen MR) is 84.6 cm³/mol. The van der Waals surface area contributed by atoms with Crippen LogP contribution >= 0.6 is 11.6 Å². The predicted octanol–water partition coefficient (Wildman–Crippen LogP) is 2.28. The number of rotatable bonds is 5. The van der Waals surface area contributed by atoms with Crippen molar-refractivity contribution in [2.24, 2.45) is 0 Å². The molecule has 0 heterocycles. The molecule has 0 aromatic heterocycles. The van der Waals surface area contributed by atoms with E-state index in [9.17, 15) is 13.2 Å². The number of methoxy groups -OCH3 is 1. The Bertz CT molecular complexity index is 791. The summed E-state index contributed by atoms with van der Waals surface area (Å²) in [6.07, 6.45) is 0.224. The first-order valence-electron chi connectivity index (χ1n) is 6.09. The van der Waals surface area contributed by atoms with Crippen LogP contribution in [0.3, 0.4) is 0 Å². The zero-order valence-electron chi connectivity index (χ0n) is 11.6. The molecule has 0 spiro atoms. The number of carbonyl (C=O) groups excluding carboxylic acids is 1. The van der Waals surface area contributed by atoms with Gasteiger partial charge in [-0.25, -0.2) is 12.7 Å². The van der Waals surface area contributed by atoms with E-state index in [1.54, 1.807) is 12.1 Å². The second-order valence-electron chi connectivity index (χ2n) is 4.29. The van der Waals surface area contributed by atoms with Crippen LogP contribution in [0.15, 0.2) is 47.4 Å². The van der Waals surface area contributed by atoms with Crippen LogP contribution in [0, 0.1) is 0 Å². The van der Waals surface area contributed by atoms with Crippen molar-refractivity contribution < 1.29 is 17.9 Å². The summed E-state index contributed by atoms with van der Waals surface area (Å²) in [5.74, 6) is 0.544. The molecule has 2 rings (SSSR count). The maximum absolute atomic E-state index is 12.5. The van der Waals surface area contributed by atoms with Gasteiger partial charge in [0.05, 0.1) is 28.4 Å². The van der Waals surface area contributed by atoms with Crippen LogP contribution in [0.2, 0.25) is 5.02 Å². The van der Waals surface area contributed by atoms with Gasteiger partial charge in [-0.15, -0.1) is 0 Å². The first kappa shape index (κ1) is 16.1. The summed E-state index contributed by atoms with van der Waals surface area (Å²) in [5, 5.41) is 0.0988. The molecule has 0 aliphatic rings. The Kier molecular flexibility index (Phi) is 4.58. The number of halogens is 1. The lowest BCUT2D eigenvalue weighted by atomic mass is 10.3. The maximum Gasteiger partial charge on any atom is 0.270 e. The molecule has 0 radical (unpaired) electrons. The van der Waals surface area contributed by atoms with E-state index in [0.717, 1.165) is 0 Å². The highest BCUT2D eigenvalue weighted by molar-refractivity contribution is 7.93. The van der Waals surface area contributed by atoms with Crippen LogP contribution in [0.5, 0.6) is 5.75 Å². The second kappa shape index (κ2) is 6.25. The Balaban J connectivity index is 2.47. The molecule has 0 atom stereocenters. The van der Waals surface area contributed by atoms with Gasteiger partial charge in [0.1, 0.15) is 5.75 Å². The van der Waals surface area contributed by atoms with Gasteiger partial charge in [-0.1, -0.05) is 11.6 Å². The molecule has 116 valence electrons. The Hall–Kier alpha value is -2.25. The minimum absolute atomic E-state index is 0.0988. The molecule has 8 heteroatoms. The molecule has 0 fully saturated rings. The Morgan fingerprint density at radius 3 is 2.32 bits per heavy atom. The summed E-state index contributed by atoms with van der Waals surface area (Å²) in [6.45, 7) is 0. The van der Waals surface area contributed by atoms with Crippen molar-refractivity contribution in [2.75, 3.05) is 17.1 Å². The van der Waals surface area contributed by atoms with Gasteiger partial charge in [-0.3, -0.25) is 4.79 Å². The van der Waals surface area contributed by atoms with E-state index in [4.69, 9.17) is 22.1 Å². The SMILES string of the molecule is COc1ccc(N(C=O)S(=O)(=O)c2ccc(N)c(Cl)c2)cc1. The number of ether oxygens (including phenoxy) is 1. The lowest BCUT2D eigenvalue weighted by Crippen LogP contribution is -2.29. The summed E-state index contributed by atoms with van der Waals surface area (Å²) in [6, 6.07) is 9.89. The molecular weight excluding hydrogens is 328 g/mol. The van der Waals surface area contributed by atoms with Crippen LogP contribution in [0.1, 0.15) is 0 Å². The fourth-order valence-corrected chi connectivity index (χ4v) is 3.26. The lowest BCUT2D eigenvalue weighted by Gasteiger charge is -2.18. The van der Waals surface area contributed by atoms with E-state index in [1.165, 1.54) is 37.4 Å². The molecule has 6 nitrogen and oxygen atoms in total. The average molecular weight is 341 g/mol. The lowest BCUT2D eigenvalue weighted by molar-refractivity contribution is -0.106. The van der Waals surface area contributed by atoms with Crippen LogP contribution in [-0.4, -0.2) is 21.9 Å². The largest absolute Gasteiger partial charge is 0.497 e. The van der Waals surface area contributed by atoms with Gasteiger partial charge in [0.25, 0.3) is 10.0 Å². The fraction of sp³-hybridized carbons (Fsp3) is 0.0714. The zero-order chi connectivity index (χ0) is 16.3. The van der Waals surface area contributed by atoms with Gasteiger partial charge in [0, 0.05) is 0 Å². The van der Waals surface area contributed by atoms with E-state index >= 15 is 0 Å². The smallest absolute Gasteiger partial charge is 0.270 e. The van der Waals surface area contributed by atoms with Crippen molar-refractivity contribution in [1.29, 1.82) is 0 Å². The van der Waals surface area contributed by atoms with Crippen LogP contribution in [0.4, 0.5) is 11.4 Å². The molecule has 0 saturated carbocycles. The topological polar surface area (TPSA) is 89.7 Å². The summed E-state index contributed by atoms with van der Waals surface area (Å²) >= 11 is 5.84. The van der Waals surface area contributed by atoms with Crippen LogP contribution in [-0.2, 0) is 14.8 Å². The molecule has 2 N–H and O–H groups in total. The number of anilines is 2. The average Bonchev–Trinajstić information content (AvgIpc) is 2.51. The number of amides is 1. The molecule has 0 aliphatic carbocycles. The van der Waals surface area contributed by atoms with Crippen molar-refractivity contribution in [3.05, 3.63) is 47.5 Å². The third kappa shape index (κ3) is 3.00. The number of hydrogen-bond donors (Lipinski definition) is 1. The molecule has 0 bridgehead atoms. The zero-order valence-corrected chi connectivity index (χ0v) is 13.1. The van der Waals surface area contributed by atoms with E-state index in [1.807, 2.05) is 0 Å². The summed E-state index contributed by atoms with van der Waals surface area (Å²) in [5.41, 5.74) is 6.00. The van der Waals surface area contributed by atoms with Crippen molar-refractivity contribution in [1.82, 2.24) is 0 Å². The fourth-order valence-electron chi connectivity index (χ4n) is 1.77. The minimum atomic E-state index is -4.08. The highest BCUT2D eigenvalue weighted by Crippen LogP contribution is 2.28. The molecule has 1 amide bonds. The van der Waals surface area contributed by atoms with Gasteiger partial charge < -0.3 is 10.5 Å². The van der Waals surface area contributed by atoms with E-state index in [0.29, 0.717) is 10.1 Å². The number of carbonyl (C=O) groups is 1. The molecular formula is C14H13ClN2O4S. The molecule has 2 aromatic carbocycles. The van der Waals surface area contributed by atoms with Gasteiger partial charge in [0.15, 0.2) is 0 Å². The normalized spacial score (nSPS) is 11.0. The van der Waals surface area contributed by atoms with E-state index < -0.39 is 10.0 Å². The number of nitrogens with zero attached hydrogens (tertiary/aromatic N) is 1. The van der Waals surface area contributed by atoms with Crippen LogP contribution in [0.25, 0.3) is 0 Å². The third-order valence-corrected chi connectivity index (χ3v) is 4.94. The molecule has 0 unspecified atom stereocenters. The number of benzene rings is 2. The second-order valence-corrected chi connectivity index (χ2v) is 6.51.